The maximum absolute atomic E-state index is 12.0. The highest BCUT2D eigenvalue weighted by Gasteiger charge is 2.18. The first-order valence-corrected chi connectivity index (χ1v) is 6.49. The molecule has 6 heteroatoms. The lowest BCUT2D eigenvalue weighted by molar-refractivity contribution is -0.117. The lowest BCUT2D eigenvalue weighted by Gasteiger charge is -2.23. The number of hydrogen-bond donors (Lipinski definition) is 2. The number of rotatable bonds is 4. The number of carbonyl (C=O) groups excluding carboxylic acids is 2. The number of morpholine rings is 1. The number of amides is 1. The molecule has 1 aromatic rings. The predicted molar refractivity (Wildman–Crippen MR) is 73.6 cm³/mol. The Morgan fingerprint density at radius 2 is 2.25 bits per heavy atom. The van der Waals surface area contributed by atoms with Gasteiger partial charge in [0.1, 0.15) is 0 Å². The molecule has 1 saturated heterocycles. The Kier molecular flexibility index (Phi) is 5.09. The van der Waals surface area contributed by atoms with E-state index in [0.717, 1.165) is 6.54 Å². The molecule has 108 valence electrons. The summed E-state index contributed by atoms with van der Waals surface area (Å²) in [6.07, 6.45) is 0.301. The van der Waals surface area contributed by atoms with Crippen molar-refractivity contribution >= 4 is 17.6 Å². The van der Waals surface area contributed by atoms with E-state index in [1.807, 2.05) is 0 Å². The van der Waals surface area contributed by atoms with Gasteiger partial charge in [0.2, 0.25) is 5.91 Å². The van der Waals surface area contributed by atoms with Crippen molar-refractivity contribution in [1.29, 1.82) is 0 Å². The Morgan fingerprint density at radius 3 is 2.95 bits per heavy atom. The van der Waals surface area contributed by atoms with Crippen LogP contribution in [0.2, 0.25) is 0 Å². The van der Waals surface area contributed by atoms with Crippen molar-refractivity contribution < 1.29 is 19.1 Å². The maximum Gasteiger partial charge on any atom is 0.339 e. The van der Waals surface area contributed by atoms with Gasteiger partial charge in [-0.2, -0.15) is 0 Å². The molecule has 1 fully saturated rings. The average molecular weight is 278 g/mol. The highest BCUT2D eigenvalue weighted by molar-refractivity contribution is 6.01. The molecule has 0 spiro atoms. The third-order valence-corrected chi connectivity index (χ3v) is 3.04. The molecule has 20 heavy (non-hydrogen) atoms. The standard InChI is InChI=1S/C14H18N2O4/c1-19-14(18)11-4-2-3-5-12(11)16-13(17)8-10-9-20-7-6-15-10/h2-5,10,15H,6-9H2,1H3,(H,16,17). The molecule has 1 unspecified atom stereocenters. The molecule has 1 atom stereocenters. The summed E-state index contributed by atoms with van der Waals surface area (Å²) in [5, 5.41) is 5.94. The van der Waals surface area contributed by atoms with Crippen LogP contribution in [0.25, 0.3) is 0 Å². The molecule has 0 saturated carbocycles. The Morgan fingerprint density at radius 1 is 1.45 bits per heavy atom. The van der Waals surface area contributed by atoms with E-state index in [1.165, 1.54) is 7.11 Å². The second-order valence-electron chi connectivity index (χ2n) is 4.52. The van der Waals surface area contributed by atoms with Crippen molar-refractivity contribution in [2.75, 3.05) is 32.2 Å². The van der Waals surface area contributed by atoms with Gasteiger partial charge in [0.25, 0.3) is 0 Å². The largest absolute Gasteiger partial charge is 0.465 e. The molecule has 1 heterocycles. The van der Waals surface area contributed by atoms with Gasteiger partial charge < -0.3 is 20.1 Å². The van der Waals surface area contributed by atoms with E-state index >= 15 is 0 Å². The minimum Gasteiger partial charge on any atom is -0.465 e. The lowest BCUT2D eigenvalue weighted by Crippen LogP contribution is -2.43. The third kappa shape index (κ3) is 3.79. The van der Waals surface area contributed by atoms with Gasteiger partial charge in [0.15, 0.2) is 0 Å². The zero-order valence-corrected chi connectivity index (χ0v) is 11.3. The average Bonchev–Trinajstić information content (AvgIpc) is 2.48. The Bertz CT molecular complexity index is 484. The highest BCUT2D eigenvalue weighted by atomic mass is 16.5. The molecule has 2 N–H and O–H groups in total. The van der Waals surface area contributed by atoms with Crippen molar-refractivity contribution in [3.63, 3.8) is 0 Å². The third-order valence-electron chi connectivity index (χ3n) is 3.04. The summed E-state index contributed by atoms with van der Waals surface area (Å²) in [5.41, 5.74) is 0.803. The molecular formula is C14H18N2O4. The van der Waals surface area contributed by atoms with Crippen LogP contribution < -0.4 is 10.6 Å². The highest BCUT2D eigenvalue weighted by Crippen LogP contribution is 2.16. The predicted octanol–water partition coefficient (Wildman–Crippen LogP) is 0.790. The fraction of sp³-hybridized carbons (Fsp3) is 0.429. The Labute approximate surface area is 117 Å². The molecule has 1 amide bonds. The molecule has 6 nitrogen and oxygen atoms in total. The lowest BCUT2D eigenvalue weighted by atomic mass is 10.1. The van der Waals surface area contributed by atoms with Crippen LogP contribution in [0.3, 0.4) is 0 Å². The zero-order valence-electron chi connectivity index (χ0n) is 11.3. The van der Waals surface area contributed by atoms with Crippen LogP contribution in [0.1, 0.15) is 16.8 Å². The number of ether oxygens (including phenoxy) is 2. The minimum atomic E-state index is -0.472. The number of carbonyl (C=O) groups is 2. The topological polar surface area (TPSA) is 76.7 Å². The van der Waals surface area contributed by atoms with E-state index in [2.05, 4.69) is 15.4 Å². The fourth-order valence-corrected chi connectivity index (χ4v) is 2.06. The molecule has 0 radical (unpaired) electrons. The second-order valence-corrected chi connectivity index (χ2v) is 4.52. The molecular weight excluding hydrogens is 260 g/mol. The van der Waals surface area contributed by atoms with E-state index in [1.54, 1.807) is 24.3 Å². The summed E-state index contributed by atoms with van der Waals surface area (Å²) >= 11 is 0. The van der Waals surface area contributed by atoms with Crippen LogP contribution in [0.4, 0.5) is 5.69 Å². The number of esters is 1. The van der Waals surface area contributed by atoms with Gasteiger partial charge in [0, 0.05) is 19.0 Å². The fourth-order valence-electron chi connectivity index (χ4n) is 2.06. The first-order chi connectivity index (χ1) is 9.70. The van der Waals surface area contributed by atoms with Gasteiger partial charge in [-0.25, -0.2) is 4.79 Å². The number of hydrogen-bond acceptors (Lipinski definition) is 5. The monoisotopic (exact) mass is 278 g/mol. The van der Waals surface area contributed by atoms with Gasteiger partial charge in [-0.3, -0.25) is 4.79 Å². The van der Waals surface area contributed by atoms with Gasteiger partial charge in [0.05, 0.1) is 31.6 Å². The number of para-hydroxylation sites is 1. The van der Waals surface area contributed by atoms with Crippen LogP contribution in [0, 0.1) is 0 Å². The molecule has 1 aliphatic rings. The van der Waals surface area contributed by atoms with E-state index in [0.29, 0.717) is 30.9 Å². The smallest absolute Gasteiger partial charge is 0.339 e. The number of benzene rings is 1. The summed E-state index contributed by atoms with van der Waals surface area (Å²) < 4.78 is 9.98. The van der Waals surface area contributed by atoms with Crippen LogP contribution in [0.5, 0.6) is 0 Å². The van der Waals surface area contributed by atoms with Gasteiger partial charge in [-0.15, -0.1) is 0 Å². The molecule has 0 bridgehead atoms. The van der Waals surface area contributed by atoms with Gasteiger partial charge in [-0.1, -0.05) is 12.1 Å². The molecule has 0 aliphatic carbocycles. The van der Waals surface area contributed by atoms with Crippen molar-refractivity contribution in [3.8, 4) is 0 Å². The van der Waals surface area contributed by atoms with Gasteiger partial charge in [-0.05, 0) is 12.1 Å². The van der Waals surface area contributed by atoms with E-state index in [4.69, 9.17) is 4.74 Å². The van der Waals surface area contributed by atoms with Crippen LogP contribution >= 0.6 is 0 Å². The summed E-state index contributed by atoms with van der Waals surface area (Å²) in [6, 6.07) is 6.77. The van der Waals surface area contributed by atoms with E-state index < -0.39 is 5.97 Å². The van der Waals surface area contributed by atoms with Crippen molar-refractivity contribution in [3.05, 3.63) is 29.8 Å². The molecule has 2 rings (SSSR count). The Hall–Kier alpha value is -1.92. The van der Waals surface area contributed by atoms with E-state index in [9.17, 15) is 9.59 Å². The van der Waals surface area contributed by atoms with Gasteiger partial charge >= 0.3 is 5.97 Å². The normalized spacial score (nSPS) is 18.4. The van der Waals surface area contributed by atoms with Crippen molar-refractivity contribution in [1.82, 2.24) is 5.32 Å². The first-order valence-electron chi connectivity index (χ1n) is 6.49. The summed E-state index contributed by atoms with van der Waals surface area (Å²) in [5.74, 6) is -0.635. The van der Waals surface area contributed by atoms with Crippen LogP contribution in [-0.4, -0.2) is 44.8 Å². The summed E-state index contributed by atoms with van der Waals surface area (Å²) in [6.45, 7) is 1.94. The molecule has 1 aromatic carbocycles. The molecule has 0 aromatic heterocycles. The van der Waals surface area contributed by atoms with E-state index in [-0.39, 0.29) is 11.9 Å². The summed E-state index contributed by atoms with van der Waals surface area (Å²) in [4.78, 5) is 23.6. The summed E-state index contributed by atoms with van der Waals surface area (Å²) in [7, 11) is 1.31. The Balaban J connectivity index is 1.98. The number of methoxy groups -OCH3 is 1. The quantitative estimate of drug-likeness (QED) is 0.796. The number of nitrogens with one attached hydrogen (secondary N) is 2. The van der Waals surface area contributed by atoms with Crippen molar-refractivity contribution in [2.24, 2.45) is 0 Å². The van der Waals surface area contributed by atoms with Crippen LogP contribution in [0.15, 0.2) is 24.3 Å². The zero-order chi connectivity index (χ0) is 14.4. The first kappa shape index (κ1) is 14.5. The van der Waals surface area contributed by atoms with Crippen molar-refractivity contribution in [2.45, 2.75) is 12.5 Å². The molecule has 1 aliphatic heterocycles. The maximum atomic E-state index is 12.0. The minimum absolute atomic E-state index is 0.00837. The number of anilines is 1. The van der Waals surface area contributed by atoms with Crippen LogP contribution in [-0.2, 0) is 14.3 Å². The SMILES string of the molecule is COC(=O)c1ccccc1NC(=O)CC1COCCN1. The second kappa shape index (κ2) is 7.02.